The summed E-state index contributed by atoms with van der Waals surface area (Å²) < 4.78 is 26.7. The van der Waals surface area contributed by atoms with E-state index in [-0.39, 0.29) is 16.2 Å². The maximum absolute atomic E-state index is 12.1. The maximum atomic E-state index is 12.1. The molecule has 0 fully saturated rings. The Morgan fingerprint density at radius 2 is 1.88 bits per heavy atom. The van der Waals surface area contributed by atoms with Crippen LogP contribution in [-0.4, -0.2) is 38.2 Å². The monoisotopic (exact) mass is 372 g/mol. The highest BCUT2D eigenvalue weighted by Crippen LogP contribution is 2.23. The highest BCUT2D eigenvalue weighted by atomic mass is 32.2. The van der Waals surface area contributed by atoms with Crippen molar-refractivity contribution >= 4 is 21.8 Å². The van der Waals surface area contributed by atoms with Gasteiger partial charge in [0.25, 0.3) is 15.9 Å². The van der Waals surface area contributed by atoms with Crippen molar-refractivity contribution in [3.63, 3.8) is 0 Å². The van der Waals surface area contributed by atoms with Gasteiger partial charge >= 0.3 is 0 Å². The molecule has 0 spiro atoms. The molecule has 8 heteroatoms. The first kappa shape index (κ1) is 18.1. The summed E-state index contributed by atoms with van der Waals surface area (Å²) in [5, 5.41) is 2.88. The summed E-state index contributed by atoms with van der Waals surface area (Å²) in [6.07, 6.45) is 3.13. The molecule has 1 aromatic carbocycles. The maximum Gasteiger partial charge on any atom is 0.263 e. The SMILES string of the molecule is CC(C)(CN=C1NS(=O)(=O)c2ccccc21)CNC(=O)c1ccncc1. The van der Waals surface area contributed by atoms with Crippen LogP contribution in [0.25, 0.3) is 0 Å². The summed E-state index contributed by atoms with van der Waals surface area (Å²) >= 11 is 0. The van der Waals surface area contributed by atoms with Gasteiger partial charge < -0.3 is 5.32 Å². The zero-order chi connectivity index (χ0) is 18.8. The van der Waals surface area contributed by atoms with Crippen molar-refractivity contribution < 1.29 is 13.2 Å². The van der Waals surface area contributed by atoms with E-state index in [9.17, 15) is 13.2 Å². The average Bonchev–Trinajstić information content (AvgIpc) is 2.90. The van der Waals surface area contributed by atoms with Gasteiger partial charge in [-0.15, -0.1) is 0 Å². The van der Waals surface area contributed by atoms with Crippen molar-refractivity contribution in [2.75, 3.05) is 13.1 Å². The molecule has 1 aromatic heterocycles. The van der Waals surface area contributed by atoms with Crippen LogP contribution in [0.3, 0.4) is 0 Å². The zero-order valence-electron chi connectivity index (χ0n) is 14.6. The van der Waals surface area contributed by atoms with Gasteiger partial charge in [-0.2, -0.15) is 0 Å². The molecule has 0 unspecified atom stereocenters. The van der Waals surface area contributed by atoms with Crippen LogP contribution >= 0.6 is 0 Å². The standard InChI is InChI=1S/C18H20N4O3S/c1-18(2,12-21-17(23)13-7-9-19-10-8-13)11-20-16-14-5-3-4-6-15(14)26(24,25)22-16/h3-10H,11-12H2,1-2H3,(H,20,22)(H,21,23). The second-order valence-electron chi connectivity index (χ2n) is 6.85. The second-order valence-corrected chi connectivity index (χ2v) is 8.50. The van der Waals surface area contributed by atoms with Crippen molar-refractivity contribution in [1.29, 1.82) is 0 Å². The van der Waals surface area contributed by atoms with Crippen LogP contribution in [0.4, 0.5) is 0 Å². The van der Waals surface area contributed by atoms with Crippen LogP contribution in [0, 0.1) is 5.41 Å². The highest BCUT2D eigenvalue weighted by Gasteiger charge is 2.30. The van der Waals surface area contributed by atoms with E-state index in [1.165, 1.54) is 0 Å². The Morgan fingerprint density at radius 1 is 1.19 bits per heavy atom. The topological polar surface area (TPSA) is 101 Å². The number of rotatable bonds is 5. The minimum Gasteiger partial charge on any atom is -0.351 e. The van der Waals surface area contributed by atoms with Crippen molar-refractivity contribution in [2.45, 2.75) is 18.7 Å². The number of pyridine rings is 1. The summed E-state index contributed by atoms with van der Waals surface area (Å²) in [4.78, 5) is 20.7. The minimum absolute atomic E-state index is 0.181. The molecule has 136 valence electrons. The third-order valence-electron chi connectivity index (χ3n) is 4.00. The Kier molecular flexibility index (Phi) is 4.78. The van der Waals surface area contributed by atoms with Crippen molar-refractivity contribution in [3.05, 3.63) is 59.9 Å². The first-order chi connectivity index (χ1) is 12.3. The summed E-state index contributed by atoms with van der Waals surface area (Å²) in [6, 6.07) is 10.0. The van der Waals surface area contributed by atoms with Gasteiger partial charge in [0.05, 0.1) is 4.90 Å². The molecule has 2 N–H and O–H groups in total. The molecule has 0 aliphatic carbocycles. The van der Waals surface area contributed by atoms with E-state index in [0.717, 1.165) is 0 Å². The lowest BCUT2D eigenvalue weighted by atomic mass is 9.93. The molecule has 0 radical (unpaired) electrons. The molecular weight excluding hydrogens is 352 g/mol. The predicted molar refractivity (Wildman–Crippen MR) is 98.5 cm³/mol. The lowest BCUT2D eigenvalue weighted by Gasteiger charge is -2.23. The number of carbonyl (C=O) groups is 1. The van der Waals surface area contributed by atoms with Gasteiger partial charge in [-0.05, 0) is 24.3 Å². The minimum atomic E-state index is -3.54. The van der Waals surface area contributed by atoms with Crippen LogP contribution in [0.1, 0.15) is 29.8 Å². The highest BCUT2D eigenvalue weighted by molar-refractivity contribution is 7.90. The molecule has 2 heterocycles. The van der Waals surface area contributed by atoms with Gasteiger partial charge in [0.1, 0.15) is 5.84 Å². The van der Waals surface area contributed by atoms with Crippen molar-refractivity contribution in [3.8, 4) is 0 Å². The molecule has 2 aromatic rings. The molecule has 0 saturated carbocycles. The summed E-state index contributed by atoms with van der Waals surface area (Å²) in [5.74, 6) is 0.161. The molecule has 0 atom stereocenters. The first-order valence-electron chi connectivity index (χ1n) is 8.13. The molecule has 1 amide bonds. The van der Waals surface area contributed by atoms with E-state index >= 15 is 0 Å². The number of aliphatic imine (C=N–C) groups is 1. The molecule has 1 aliphatic rings. The van der Waals surface area contributed by atoms with Gasteiger partial charge in [0, 0.05) is 42.0 Å². The lowest BCUT2D eigenvalue weighted by molar-refractivity contribution is 0.0938. The Bertz CT molecular complexity index is 953. The number of hydrogen-bond acceptors (Lipinski definition) is 5. The van der Waals surface area contributed by atoms with Gasteiger partial charge in [0.15, 0.2) is 0 Å². The molecular formula is C18H20N4O3S. The second kappa shape index (κ2) is 6.87. The number of nitrogens with zero attached hydrogens (tertiary/aromatic N) is 2. The Morgan fingerprint density at radius 3 is 2.62 bits per heavy atom. The number of sulfonamides is 1. The largest absolute Gasteiger partial charge is 0.351 e. The van der Waals surface area contributed by atoms with Gasteiger partial charge in [-0.3, -0.25) is 19.5 Å². The van der Waals surface area contributed by atoms with Crippen LogP contribution in [0.5, 0.6) is 0 Å². The predicted octanol–water partition coefficient (Wildman–Crippen LogP) is 1.58. The van der Waals surface area contributed by atoms with E-state index in [1.54, 1.807) is 48.8 Å². The third-order valence-corrected chi connectivity index (χ3v) is 5.40. The normalized spacial score (nSPS) is 16.8. The number of amidine groups is 1. The Labute approximate surface area is 152 Å². The molecule has 0 saturated heterocycles. The van der Waals surface area contributed by atoms with Crippen LogP contribution in [-0.2, 0) is 10.0 Å². The Balaban J connectivity index is 1.67. The number of amides is 1. The van der Waals surface area contributed by atoms with E-state index in [4.69, 9.17) is 0 Å². The van der Waals surface area contributed by atoms with E-state index in [2.05, 4.69) is 20.0 Å². The van der Waals surface area contributed by atoms with E-state index in [1.807, 2.05) is 13.8 Å². The summed E-state index contributed by atoms with van der Waals surface area (Å²) in [7, 11) is -3.54. The number of nitrogens with one attached hydrogen (secondary N) is 2. The number of hydrogen-bond donors (Lipinski definition) is 2. The lowest BCUT2D eigenvalue weighted by Crippen LogP contribution is -2.36. The molecule has 26 heavy (non-hydrogen) atoms. The average molecular weight is 372 g/mol. The Hall–Kier alpha value is -2.74. The number of carbonyl (C=O) groups excluding carboxylic acids is 1. The zero-order valence-corrected chi connectivity index (χ0v) is 15.4. The van der Waals surface area contributed by atoms with Crippen molar-refractivity contribution in [2.24, 2.45) is 10.4 Å². The summed E-state index contributed by atoms with van der Waals surface area (Å²) in [5.41, 5.74) is 0.766. The summed E-state index contributed by atoms with van der Waals surface area (Å²) in [6.45, 7) is 4.67. The first-order valence-corrected chi connectivity index (χ1v) is 9.62. The number of fused-ring (bicyclic) bond motifs is 1. The molecule has 1 aliphatic heterocycles. The van der Waals surface area contributed by atoms with Crippen molar-refractivity contribution in [1.82, 2.24) is 15.0 Å². The molecule has 7 nitrogen and oxygen atoms in total. The van der Waals surface area contributed by atoms with Crippen LogP contribution in [0.15, 0.2) is 58.7 Å². The molecule has 0 bridgehead atoms. The number of benzene rings is 1. The fourth-order valence-corrected chi connectivity index (χ4v) is 3.78. The van der Waals surface area contributed by atoms with E-state index < -0.39 is 10.0 Å². The number of aromatic nitrogens is 1. The fraction of sp³-hybridized carbons (Fsp3) is 0.278. The fourth-order valence-electron chi connectivity index (χ4n) is 2.53. The quantitative estimate of drug-likeness (QED) is 0.832. The van der Waals surface area contributed by atoms with E-state index in [0.29, 0.717) is 30.1 Å². The van der Waals surface area contributed by atoms with Gasteiger partial charge in [-0.1, -0.05) is 26.0 Å². The van der Waals surface area contributed by atoms with Crippen LogP contribution in [0.2, 0.25) is 0 Å². The molecule has 3 rings (SSSR count). The van der Waals surface area contributed by atoms with Gasteiger partial charge in [0.2, 0.25) is 0 Å². The van der Waals surface area contributed by atoms with Crippen LogP contribution < -0.4 is 10.0 Å². The van der Waals surface area contributed by atoms with Gasteiger partial charge in [-0.25, -0.2) is 8.42 Å². The third kappa shape index (κ3) is 3.91. The smallest absolute Gasteiger partial charge is 0.263 e.